The molecule has 6 rings (SSSR count). The van der Waals surface area contributed by atoms with Crippen molar-refractivity contribution in [2.75, 3.05) is 0 Å². The Balaban J connectivity index is 1.62. The van der Waals surface area contributed by atoms with E-state index in [9.17, 15) is 10.4 Å². The van der Waals surface area contributed by atoms with Gasteiger partial charge in [0, 0.05) is 11.1 Å². The molecule has 0 amide bonds. The number of rotatable bonds is 4. The second kappa shape index (κ2) is 8.08. The van der Waals surface area contributed by atoms with E-state index in [0.29, 0.717) is 13.0 Å². The topological polar surface area (TPSA) is 62.5 Å². The van der Waals surface area contributed by atoms with Crippen molar-refractivity contribution >= 4 is 12.9 Å². The Morgan fingerprint density at radius 1 is 0.784 bits per heavy atom. The Labute approximate surface area is 218 Å². The van der Waals surface area contributed by atoms with Crippen molar-refractivity contribution in [2.24, 2.45) is 0 Å². The minimum Gasteiger partial charge on any atom is -0.457 e. The zero-order chi connectivity index (χ0) is 26.0. The van der Waals surface area contributed by atoms with Gasteiger partial charge in [0.05, 0.1) is 28.2 Å². The molecular weight excluding hydrogens is 457 g/mol. The maximum Gasteiger partial charge on any atom is 0.309 e. The van der Waals surface area contributed by atoms with Gasteiger partial charge in [0.15, 0.2) is 0 Å². The third-order valence-electron chi connectivity index (χ3n) is 8.21. The van der Waals surface area contributed by atoms with Gasteiger partial charge in [-0.2, -0.15) is 5.26 Å². The minimum absolute atomic E-state index is 0.361. The SMILES string of the molecule is CC(C)(O)C(C)(C)OBc1ccc2c(c1)C1(c3ccccc3Oc3ccccc31)c1cc(C#N)ccc1-2. The summed E-state index contributed by atoms with van der Waals surface area (Å²) in [5, 5.41) is 20.4. The fraction of sp³-hybridized carbons (Fsp3) is 0.219. The highest BCUT2D eigenvalue weighted by Gasteiger charge is 2.51. The van der Waals surface area contributed by atoms with Crippen LogP contribution in [0.2, 0.25) is 0 Å². The number of hydrogen-bond acceptors (Lipinski definition) is 4. The fourth-order valence-corrected chi connectivity index (χ4v) is 5.55. The molecule has 0 atom stereocenters. The molecule has 1 N–H and O–H groups in total. The molecule has 37 heavy (non-hydrogen) atoms. The fourth-order valence-electron chi connectivity index (χ4n) is 5.55. The van der Waals surface area contributed by atoms with Crippen LogP contribution in [-0.4, -0.2) is 23.8 Å². The summed E-state index contributed by atoms with van der Waals surface area (Å²) in [6, 6.07) is 31.2. The lowest BCUT2D eigenvalue weighted by Crippen LogP contribution is -2.49. The second-order valence-electron chi connectivity index (χ2n) is 11.0. The second-order valence-corrected chi connectivity index (χ2v) is 11.0. The lowest BCUT2D eigenvalue weighted by Gasteiger charge is -2.39. The molecule has 0 saturated carbocycles. The van der Waals surface area contributed by atoms with Gasteiger partial charge < -0.3 is 14.5 Å². The van der Waals surface area contributed by atoms with Crippen LogP contribution < -0.4 is 10.2 Å². The number of ether oxygens (including phenoxy) is 1. The van der Waals surface area contributed by atoms with E-state index in [0.717, 1.165) is 50.3 Å². The van der Waals surface area contributed by atoms with Crippen molar-refractivity contribution in [1.29, 1.82) is 5.26 Å². The van der Waals surface area contributed by atoms with Gasteiger partial charge in [-0.3, -0.25) is 0 Å². The van der Waals surface area contributed by atoms with Gasteiger partial charge in [-0.15, -0.1) is 0 Å². The molecule has 1 aliphatic carbocycles. The van der Waals surface area contributed by atoms with Crippen LogP contribution in [0.3, 0.4) is 0 Å². The minimum atomic E-state index is -0.993. The predicted octanol–water partition coefficient (Wildman–Crippen LogP) is 5.57. The largest absolute Gasteiger partial charge is 0.457 e. The molecule has 182 valence electrons. The Hall–Kier alpha value is -3.85. The molecule has 0 bridgehead atoms. The van der Waals surface area contributed by atoms with Gasteiger partial charge >= 0.3 is 7.48 Å². The molecule has 2 aliphatic rings. The van der Waals surface area contributed by atoms with Crippen LogP contribution in [0.4, 0.5) is 0 Å². The molecule has 5 heteroatoms. The van der Waals surface area contributed by atoms with E-state index in [-0.39, 0.29) is 0 Å². The van der Waals surface area contributed by atoms with E-state index < -0.39 is 16.6 Å². The van der Waals surface area contributed by atoms with Crippen LogP contribution in [0.1, 0.15) is 55.5 Å². The maximum atomic E-state index is 10.6. The van der Waals surface area contributed by atoms with E-state index >= 15 is 0 Å². The van der Waals surface area contributed by atoms with Crippen LogP contribution in [0.15, 0.2) is 84.9 Å². The number of aliphatic hydroxyl groups is 1. The highest BCUT2D eigenvalue weighted by Crippen LogP contribution is 2.61. The number of benzene rings is 4. The average molecular weight is 485 g/mol. The average Bonchev–Trinajstić information content (AvgIpc) is 3.16. The monoisotopic (exact) mass is 485 g/mol. The molecular formula is C32H28BNO3. The molecule has 0 aromatic heterocycles. The van der Waals surface area contributed by atoms with Crippen molar-refractivity contribution in [3.8, 4) is 28.7 Å². The predicted molar refractivity (Wildman–Crippen MR) is 147 cm³/mol. The standard InChI is InChI=1S/C32H28BNO3/c1-30(2,35)31(3,4)37-33-21-14-16-23-22-15-13-20(19-34)17-26(22)32(27(23)18-21)24-9-5-7-11-28(24)36-29-12-8-6-10-25(29)32/h5-18,33,35H,1-4H3. The first-order valence-corrected chi connectivity index (χ1v) is 12.6. The Kier molecular flexibility index (Phi) is 5.14. The summed E-state index contributed by atoms with van der Waals surface area (Å²) in [5.41, 5.74) is 5.87. The quantitative estimate of drug-likeness (QED) is 0.332. The first kappa shape index (κ1) is 23.5. The van der Waals surface area contributed by atoms with Gasteiger partial charge in [0.25, 0.3) is 0 Å². The number of para-hydroxylation sites is 2. The van der Waals surface area contributed by atoms with E-state index in [2.05, 4.69) is 42.5 Å². The highest BCUT2D eigenvalue weighted by atomic mass is 16.5. The summed E-state index contributed by atoms with van der Waals surface area (Å²) in [5.74, 6) is 1.62. The lowest BCUT2D eigenvalue weighted by molar-refractivity contribution is -0.0893. The summed E-state index contributed by atoms with van der Waals surface area (Å²) in [6.07, 6.45) is 0. The first-order chi connectivity index (χ1) is 17.7. The molecule has 4 nitrogen and oxygen atoms in total. The van der Waals surface area contributed by atoms with Crippen LogP contribution in [0.25, 0.3) is 11.1 Å². The number of fused-ring (bicyclic) bond motifs is 9. The van der Waals surface area contributed by atoms with Gasteiger partial charge in [-0.05, 0) is 74.2 Å². The Bertz CT molecular complexity index is 1550. The molecule has 1 aliphatic heterocycles. The molecule has 0 fully saturated rings. The zero-order valence-electron chi connectivity index (χ0n) is 21.5. The Morgan fingerprint density at radius 2 is 1.35 bits per heavy atom. The third-order valence-corrected chi connectivity index (χ3v) is 8.21. The maximum absolute atomic E-state index is 10.6. The van der Waals surface area contributed by atoms with E-state index in [1.807, 2.05) is 62.4 Å². The van der Waals surface area contributed by atoms with E-state index in [1.165, 1.54) is 0 Å². The van der Waals surface area contributed by atoms with Gasteiger partial charge in [0.2, 0.25) is 0 Å². The highest BCUT2D eigenvalue weighted by molar-refractivity contribution is 6.47. The van der Waals surface area contributed by atoms with Gasteiger partial charge in [-0.1, -0.05) is 66.1 Å². The van der Waals surface area contributed by atoms with Gasteiger partial charge in [-0.25, -0.2) is 0 Å². The van der Waals surface area contributed by atoms with Crippen LogP contribution in [-0.2, 0) is 10.1 Å². The normalized spacial score (nSPS) is 14.6. The van der Waals surface area contributed by atoms with E-state index in [4.69, 9.17) is 9.39 Å². The molecule has 0 unspecified atom stereocenters. The summed E-state index contributed by atoms with van der Waals surface area (Å²) in [4.78, 5) is 0. The zero-order valence-corrected chi connectivity index (χ0v) is 21.5. The summed E-state index contributed by atoms with van der Waals surface area (Å²) >= 11 is 0. The molecule has 4 aromatic carbocycles. The van der Waals surface area contributed by atoms with Crippen LogP contribution >= 0.6 is 0 Å². The molecule has 0 radical (unpaired) electrons. The van der Waals surface area contributed by atoms with Crippen LogP contribution in [0, 0.1) is 11.3 Å². The molecule has 0 saturated heterocycles. The molecule has 4 aromatic rings. The number of nitrogens with zero attached hydrogens (tertiary/aromatic N) is 1. The van der Waals surface area contributed by atoms with E-state index in [1.54, 1.807) is 13.8 Å². The third kappa shape index (κ3) is 3.37. The molecule has 1 heterocycles. The van der Waals surface area contributed by atoms with Crippen molar-refractivity contribution in [3.05, 3.63) is 113 Å². The summed E-state index contributed by atoms with van der Waals surface area (Å²) in [7, 11) is 0.361. The number of hydrogen-bond donors (Lipinski definition) is 1. The van der Waals surface area contributed by atoms with Crippen molar-refractivity contribution in [3.63, 3.8) is 0 Å². The van der Waals surface area contributed by atoms with Crippen molar-refractivity contribution in [1.82, 2.24) is 0 Å². The lowest BCUT2D eigenvalue weighted by atomic mass is 9.65. The summed E-state index contributed by atoms with van der Waals surface area (Å²) in [6.45, 7) is 7.35. The number of nitriles is 1. The molecule has 1 spiro atoms. The summed E-state index contributed by atoms with van der Waals surface area (Å²) < 4.78 is 12.6. The Morgan fingerprint density at radius 3 is 1.95 bits per heavy atom. The van der Waals surface area contributed by atoms with Crippen molar-refractivity contribution in [2.45, 2.75) is 44.3 Å². The van der Waals surface area contributed by atoms with Gasteiger partial charge in [0.1, 0.15) is 11.5 Å². The first-order valence-electron chi connectivity index (χ1n) is 12.6. The smallest absolute Gasteiger partial charge is 0.309 e. The van der Waals surface area contributed by atoms with Crippen LogP contribution in [0.5, 0.6) is 11.5 Å². The van der Waals surface area contributed by atoms with Crippen molar-refractivity contribution < 1.29 is 14.5 Å².